The minimum Gasteiger partial charge on any atom is -0.451 e. The van der Waals surface area contributed by atoms with Crippen molar-refractivity contribution in [3.05, 3.63) is 70.9 Å². The standard InChI is InChI=1S/C20H16N4O3S/c1-12-23-24-20(28-12)22-18(25)10-13-6-8-15(9-7-13)21-19(26)17-11-14-4-2-3-5-16(14)27-17/h2-9,11H,10H2,1H3,(H,21,26)(H,22,24,25). The summed E-state index contributed by atoms with van der Waals surface area (Å²) in [6.07, 6.45) is 0.205. The van der Waals surface area contributed by atoms with Crippen molar-refractivity contribution in [1.82, 2.24) is 10.2 Å². The Labute approximate surface area is 164 Å². The van der Waals surface area contributed by atoms with Gasteiger partial charge in [0, 0.05) is 11.1 Å². The van der Waals surface area contributed by atoms with Crippen LogP contribution in [-0.2, 0) is 11.2 Å². The van der Waals surface area contributed by atoms with Crippen molar-refractivity contribution in [3.8, 4) is 0 Å². The minimum absolute atomic E-state index is 0.171. The average molecular weight is 392 g/mol. The van der Waals surface area contributed by atoms with Crippen LogP contribution in [0, 0.1) is 6.92 Å². The van der Waals surface area contributed by atoms with Crippen LogP contribution in [0.3, 0.4) is 0 Å². The maximum Gasteiger partial charge on any atom is 0.291 e. The van der Waals surface area contributed by atoms with E-state index < -0.39 is 0 Å². The third kappa shape index (κ3) is 4.07. The number of fused-ring (bicyclic) bond motifs is 1. The van der Waals surface area contributed by atoms with E-state index in [0.717, 1.165) is 16.0 Å². The molecule has 7 nitrogen and oxygen atoms in total. The summed E-state index contributed by atoms with van der Waals surface area (Å²) in [4.78, 5) is 24.4. The molecule has 4 aromatic rings. The van der Waals surface area contributed by atoms with Crippen molar-refractivity contribution in [3.63, 3.8) is 0 Å². The van der Waals surface area contributed by atoms with E-state index in [-0.39, 0.29) is 24.0 Å². The van der Waals surface area contributed by atoms with Gasteiger partial charge in [-0.2, -0.15) is 0 Å². The molecule has 0 aliphatic heterocycles. The SMILES string of the molecule is Cc1nnc(NC(=O)Cc2ccc(NC(=O)c3cc4ccccc4o3)cc2)s1. The van der Waals surface area contributed by atoms with Crippen LogP contribution in [0.5, 0.6) is 0 Å². The van der Waals surface area contributed by atoms with Gasteiger partial charge in [-0.05, 0) is 36.8 Å². The molecule has 0 fully saturated rings. The number of nitrogens with one attached hydrogen (secondary N) is 2. The van der Waals surface area contributed by atoms with Gasteiger partial charge in [0.05, 0.1) is 6.42 Å². The Kier molecular flexibility index (Phi) is 4.86. The number of para-hydroxylation sites is 1. The summed E-state index contributed by atoms with van der Waals surface area (Å²) in [5.41, 5.74) is 2.11. The second-order valence-corrected chi connectivity index (χ2v) is 7.33. The summed E-state index contributed by atoms with van der Waals surface area (Å²) >= 11 is 1.32. The van der Waals surface area contributed by atoms with Gasteiger partial charge in [0.25, 0.3) is 5.91 Å². The largest absolute Gasteiger partial charge is 0.451 e. The first kappa shape index (κ1) is 17.9. The maximum absolute atomic E-state index is 12.4. The Balaban J connectivity index is 1.37. The number of benzene rings is 2. The monoisotopic (exact) mass is 392 g/mol. The number of anilines is 2. The smallest absolute Gasteiger partial charge is 0.291 e. The average Bonchev–Trinajstić information content (AvgIpc) is 3.29. The van der Waals surface area contributed by atoms with Crippen LogP contribution in [0.15, 0.2) is 59.0 Å². The molecule has 2 aromatic heterocycles. The Morgan fingerprint density at radius 3 is 2.54 bits per heavy atom. The minimum atomic E-state index is -0.326. The van der Waals surface area contributed by atoms with Crippen LogP contribution in [0.25, 0.3) is 11.0 Å². The lowest BCUT2D eigenvalue weighted by Crippen LogP contribution is -2.14. The van der Waals surface area contributed by atoms with E-state index in [1.54, 1.807) is 30.3 Å². The Morgan fingerprint density at radius 2 is 1.82 bits per heavy atom. The summed E-state index contributed by atoms with van der Waals surface area (Å²) in [6.45, 7) is 1.83. The van der Waals surface area contributed by atoms with Crippen molar-refractivity contribution in [1.29, 1.82) is 0 Å². The second-order valence-electron chi connectivity index (χ2n) is 6.15. The van der Waals surface area contributed by atoms with Crippen LogP contribution >= 0.6 is 11.3 Å². The zero-order valence-electron chi connectivity index (χ0n) is 14.9. The van der Waals surface area contributed by atoms with E-state index in [2.05, 4.69) is 20.8 Å². The van der Waals surface area contributed by atoms with Gasteiger partial charge in [-0.1, -0.05) is 41.7 Å². The van der Waals surface area contributed by atoms with E-state index >= 15 is 0 Å². The lowest BCUT2D eigenvalue weighted by molar-refractivity contribution is -0.115. The lowest BCUT2D eigenvalue weighted by atomic mass is 10.1. The summed E-state index contributed by atoms with van der Waals surface area (Å²) in [5, 5.41) is 15.4. The number of nitrogens with zero attached hydrogens (tertiary/aromatic N) is 2. The first-order valence-corrected chi connectivity index (χ1v) is 9.37. The van der Waals surface area contributed by atoms with E-state index in [1.165, 1.54) is 11.3 Å². The van der Waals surface area contributed by atoms with Crippen molar-refractivity contribution in [2.24, 2.45) is 0 Å². The highest BCUT2D eigenvalue weighted by atomic mass is 32.1. The molecule has 2 N–H and O–H groups in total. The van der Waals surface area contributed by atoms with Gasteiger partial charge in [0.1, 0.15) is 10.6 Å². The molecule has 140 valence electrons. The van der Waals surface area contributed by atoms with Gasteiger partial charge in [0.15, 0.2) is 5.76 Å². The van der Waals surface area contributed by atoms with Gasteiger partial charge >= 0.3 is 0 Å². The number of hydrogen-bond acceptors (Lipinski definition) is 6. The highest BCUT2D eigenvalue weighted by molar-refractivity contribution is 7.15. The number of furan rings is 1. The third-order valence-corrected chi connectivity index (χ3v) is 4.75. The quantitative estimate of drug-likeness (QED) is 0.534. The fourth-order valence-corrected chi connectivity index (χ4v) is 3.30. The van der Waals surface area contributed by atoms with Crippen LogP contribution in [0.2, 0.25) is 0 Å². The number of amides is 2. The van der Waals surface area contributed by atoms with Crippen molar-refractivity contribution < 1.29 is 14.0 Å². The van der Waals surface area contributed by atoms with Crippen molar-refractivity contribution in [2.45, 2.75) is 13.3 Å². The first-order valence-electron chi connectivity index (χ1n) is 8.56. The predicted octanol–water partition coefficient (Wildman–Crippen LogP) is 4.03. The predicted molar refractivity (Wildman–Crippen MR) is 108 cm³/mol. The topological polar surface area (TPSA) is 97.1 Å². The van der Waals surface area contributed by atoms with Gasteiger partial charge in [0.2, 0.25) is 11.0 Å². The molecule has 8 heteroatoms. The van der Waals surface area contributed by atoms with Crippen LogP contribution in [0.1, 0.15) is 21.1 Å². The summed E-state index contributed by atoms with van der Waals surface area (Å²) < 4.78 is 5.56. The summed E-state index contributed by atoms with van der Waals surface area (Å²) in [6, 6.07) is 16.2. The number of hydrogen-bond donors (Lipinski definition) is 2. The van der Waals surface area contributed by atoms with Gasteiger partial charge in [-0.25, -0.2) is 0 Å². The summed E-state index contributed by atoms with van der Waals surface area (Å²) in [7, 11) is 0. The molecular weight excluding hydrogens is 376 g/mol. The number of aryl methyl sites for hydroxylation is 1. The zero-order chi connectivity index (χ0) is 19.5. The molecule has 0 unspecified atom stereocenters. The molecule has 0 spiro atoms. The highest BCUT2D eigenvalue weighted by Crippen LogP contribution is 2.20. The number of aromatic nitrogens is 2. The van der Waals surface area contributed by atoms with Crippen LogP contribution in [-0.4, -0.2) is 22.0 Å². The van der Waals surface area contributed by atoms with E-state index in [9.17, 15) is 9.59 Å². The second kappa shape index (κ2) is 7.61. The van der Waals surface area contributed by atoms with Crippen molar-refractivity contribution in [2.75, 3.05) is 10.6 Å². The Morgan fingerprint density at radius 1 is 1.04 bits per heavy atom. The van der Waals surface area contributed by atoms with E-state index in [4.69, 9.17) is 4.42 Å². The highest BCUT2D eigenvalue weighted by Gasteiger charge is 2.13. The normalized spacial score (nSPS) is 10.8. The number of rotatable bonds is 5. The van der Waals surface area contributed by atoms with Crippen LogP contribution in [0.4, 0.5) is 10.8 Å². The number of carbonyl (C=O) groups is 2. The molecule has 0 radical (unpaired) electrons. The third-order valence-electron chi connectivity index (χ3n) is 4.00. The molecule has 0 aliphatic carbocycles. The Hall–Kier alpha value is -3.52. The number of carbonyl (C=O) groups excluding carboxylic acids is 2. The fourth-order valence-electron chi connectivity index (χ4n) is 2.69. The molecule has 0 atom stereocenters. The van der Waals surface area contributed by atoms with Crippen LogP contribution < -0.4 is 10.6 Å². The molecule has 2 amide bonds. The lowest BCUT2D eigenvalue weighted by Gasteiger charge is -2.05. The molecule has 0 saturated carbocycles. The molecule has 0 bridgehead atoms. The molecule has 2 aromatic carbocycles. The molecule has 28 heavy (non-hydrogen) atoms. The van der Waals surface area contributed by atoms with Gasteiger partial charge in [-0.15, -0.1) is 10.2 Å². The van der Waals surface area contributed by atoms with Gasteiger partial charge < -0.3 is 15.1 Å². The van der Waals surface area contributed by atoms with Gasteiger partial charge in [-0.3, -0.25) is 9.59 Å². The molecule has 4 rings (SSSR count). The zero-order valence-corrected chi connectivity index (χ0v) is 15.7. The first-order chi connectivity index (χ1) is 13.6. The van der Waals surface area contributed by atoms with E-state index in [1.807, 2.05) is 31.2 Å². The summed E-state index contributed by atoms with van der Waals surface area (Å²) in [5.74, 6) is -0.249. The molecule has 0 aliphatic rings. The van der Waals surface area contributed by atoms with Crippen molar-refractivity contribution >= 4 is 44.9 Å². The molecule has 0 saturated heterocycles. The Bertz CT molecular complexity index is 1110. The van der Waals surface area contributed by atoms with E-state index in [0.29, 0.717) is 16.4 Å². The maximum atomic E-state index is 12.4. The fraction of sp³-hybridized carbons (Fsp3) is 0.100. The molecular formula is C20H16N4O3S. The molecule has 2 heterocycles.